The SMILES string of the molecule is O=C(O)COc1cccc(CNC(=O)OCC2c3ccccc3-c3ccccc32)c1. The minimum atomic E-state index is -1.04. The number of carboxylic acids is 1. The predicted octanol–water partition coefficient (Wildman–Crippen LogP) is 4.19. The van der Waals surface area contributed by atoms with Crippen LogP contribution in [0.4, 0.5) is 4.79 Å². The number of alkyl carbamates (subject to hydrolysis) is 1. The Hall–Kier alpha value is -3.80. The Morgan fingerprint density at radius 2 is 1.57 bits per heavy atom. The largest absolute Gasteiger partial charge is 0.482 e. The highest BCUT2D eigenvalue weighted by Gasteiger charge is 2.28. The summed E-state index contributed by atoms with van der Waals surface area (Å²) in [6, 6.07) is 23.3. The van der Waals surface area contributed by atoms with Gasteiger partial charge in [0.15, 0.2) is 6.61 Å². The first-order valence-electron chi connectivity index (χ1n) is 9.64. The molecule has 6 nitrogen and oxygen atoms in total. The van der Waals surface area contributed by atoms with Crippen molar-refractivity contribution in [3.63, 3.8) is 0 Å². The molecule has 0 aromatic heterocycles. The van der Waals surface area contributed by atoms with Crippen molar-refractivity contribution in [3.8, 4) is 16.9 Å². The van der Waals surface area contributed by atoms with Gasteiger partial charge in [-0.3, -0.25) is 0 Å². The first kappa shape index (κ1) is 19.5. The summed E-state index contributed by atoms with van der Waals surface area (Å²) in [6.45, 7) is 0.0891. The Morgan fingerprint density at radius 3 is 2.23 bits per heavy atom. The molecule has 6 heteroatoms. The molecular weight excluding hydrogens is 382 g/mol. The Morgan fingerprint density at radius 1 is 0.900 bits per heavy atom. The van der Waals surface area contributed by atoms with Gasteiger partial charge in [-0.2, -0.15) is 0 Å². The summed E-state index contributed by atoms with van der Waals surface area (Å²) in [6.07, 6.45) is -0.506. The number of nitrogens with one attached hydrogen (secondary N) is 1. The van der Waals surface area contributed by atoms with E-state index >= 15 is 0 Å². The summed E-state index contributed by atoms with van der Waals surface area (Å²) in [7, 11) is 0. The molecule has 0 saturated carbocycles. The third-order valence-electron chi connectivity index (χ3n) is 5.04. The number of rotatable bonds is 7. The standard InChI is InChI=1S/C24H21NO5/c26-23(27)15-29-17-7-5-6-16(12-17)13-25-24(28)30-14-22-20-10-3-1-8-18(20)19-9-2-4-11-21(19)22/h1-12,22H,13-15H2,(H,25,28)(H,26,27). The molecule has 0 fully saturated rings. The Bertz CT molecular complexity index is 1030. The van der Waals surface area contributed by atoms with Gasteiger partial charge in [-0.1, -0.05) is 60.7 Å². The maximum atomic E-state index is 12.3. The normalized spacial score (nSPS) is 12.0. The molecule has 3 aromatic rings. The molecule has 0 heterocycles. The Balaban J connectivity index is 1.35. The monoisotopic (exact) mass is 403 g/mol. The molecule has 30 heavy (non-hydrogen) atoms. The minimum Gasteiger partial charge on any atom is -0.482 e. The number of fused-ring (bicyclic) bond motifs is 3. The number of carbonyl (C=O) groups is 2. The number of ether oxygens (including phenoxy) is 2. The van der Waals surface area contributed by atoms with E-state index in [4.69, 9.17) is 14.6 Å². The Labute approximate surface area is 174 Å². The maximum absolute atomic E-state index is 12.3. The fourth-order valence-electron chi connectivity index (χ4n) is 3.71. The molecule has 1 amide bonds. The lowest BCUT2D eigenvalue weighted by atomic mass is 9.98. The second kappa shape index (κ2) is 8.69. The van der Waals surface area contributed by atoms with E-state index in [9.17, 15) is 9.59 Å². The number of carboxylic acid groups (broad SMARTS) is 1. The van der Waals surface area contributed by atoms with Crippen molar-refractivity contribution in [1.82, 2.24) is 5.32 Å². The van der Waals surface area contributed by atoms with Crippen LogP contribution < -0.4 is 10.1 Å². The zero-order chi connectivity index (χ0) is 20.9. The first-order valence-corrected chi connectivity index (χ1v) is 9.64. The molecule has 0 aliphatic heterocycles. The van der Waals surface area contributed by atoms with Crippen LogP contribution in [-0.4, -0.2) is 30.4 Å². The van der Waals surface area contributed by atoms with Crippen LogP contribution in [0.2, 0.25) is 0 Å². The fraction of sp³-hybridized carbons (Fsp3) is 0.167. The summed E-state index contributed by atoms with van der Waals surface area (Å²) < 4.78 is 10.7. The average molecular weight is 403 g/mol. The fourth-order valence-corrected chi connectivity index (χ4v) is 3.71. The van der Waals surface area contributed by atoms with Gasteiger partial charge in [0.2, 0.25) is 0 Å². The molecule has 3 aromatic carbocycles. The second-order valence-corrected chi connectivity index (χ2v) is 7.01. The van der Waals surface area contributed by atoms with Crippen molar-refractivity contribution in [3.05, 3.63) is 89.5 Å². The van der Waals surface area contributed by atoms with Crippen LogP contribution in [0.25, 0.3) is 11.1 Å². The van der Waals surface area contributed by atoms with Gasteiger partial charge in [0.1, 0.15) is 12.4 Å². The highest BCUT2D eigenvalue weighted by Crippen LogP contribution is 2.44. The van der Waals surface area contributed by atoms with Gasteiger partial charge in [0.25, 0.3) is 0 Å². The summed E-state index contributed by atoms with van der Waals surface area (Å²) in [5.41, 5.74) is 5.47. The summed E-state index contributed by atoms with van der Waals surface area (Å²) in [4.78, 5) is 22.9. The van der Waals surface area contributed by atoms with Gasteiger partial charge < -0.3 is 19.9 Å². The highest BCUT2D eigenvalue weighted by molar-refractivity contribution is 5.79. The summed E-state index contributed by atoms with van der Waals surface area (Å²) >= 11 is 0. The van der Waals surface area contributed by atoms with Crippen molar-refractivity contribution in [2.75, 3.05) is 13.2 Å². The van der Waals surface area contributed by atoms with Gasteiger partial charge in [0, 0.05) is 12.5 Å². The van der Waals surface area contributed by atoms with E-state index in [2.05, 4.69) is 29.6 Å². The molecule has 0 saturated heterocycles. The van der Waals surface area contributed by atoms with Crippen LogP contribution in [0.1, 0.15) is 22.6 Å². The number of hydrogen-bond acceptors (Lipinski definition) is 4. The first-order chi connectivity index (χ1) is 14.6. The molecular formula is C24H21NO5. The molecule has 152 valence electrons. The number of benzene rings is 3. The number of hydrogen-bond donors (Lipinski definition) is 2. The van der Waals surface area contributed by atoms with E-state index in [1.165, 1.54) is 11.1 Å². The van der Waals surface area contributed by atoms with E-state index in [-0.39, 0.29) is 19.1 Å². The molecule has 1 aliphatic rings. The van der Waals surface area contributed by atoms with Crippen molar-refractivity contribution in [1.29, 1.82) is 0 Å². The van der Waals surface area contributed by atoms with Gasteiger partial charge in [-0.05, 0) is 39.9 Å². The lowest BCUT2D eigenvalue weighted by molar-refractivity contribution is -0.139. The van der Waals surface area contributed by atoms with Crippen molar-refractivity contribution >= 4 is 12.1 Å². The quantitative estimate of drug-likeness (QED) is 0.618. The molecule has 1 aliphatic carbocycles. The van der Waals surface area contributed by atoms with E-state index < -0.39 is 18.7 Å². The van der Waals surface area contributed by atoms with Crippen molar-refractivity contribution < 1.29 is 24.2 Å². The van der Waals surface area contributed by atoms with Gasteiger partial charge in [-0.25, -0.2) is 9.59 Å². The molecule has 2 N–H and O–H groups in total. The third-order valence-corrected chi connectivity index (χ3v) is 5.04. The van der Waals surface area contributed by atoms with Gasteiger partial charge in [-0.15, -0.1) is 0 Å². The lowest BCUT2D eigenvalue weighted by Crippen LogP contribution is -2.25. The van der Waals surface area contributed by atoms with Crippen LogP contribution in [0.3, 0.4) is 0 Å². The number of carbonyl (C=O) groups excluding carboxylic acids is 1. The van der Waals surface area contributed by atoms with Gasteiger partial charge in [0.05, 0.1) is 0 Å². The Kier molecular flexibility index (Phi) is 5.66. The molecule has 0 spiro atoms. The molecule has 0 radical (unpaired) electrons. The molecule has 0 unspecified atom stereocenters. The molecule has 0 atom stereocenters. The summed E-state index contributed by atoms with van der Waals surface area (Å²) in [5, 5.41) is 11.4. The third kappa shape index (κ3) is 4.27. The van der Waals surface area contributed by atoms with Crippen LogP contribution in [0.15, 0.2) is 72.8 Å². The number of aliphatic carboxylic acids is 1. The van der Waals surface area contributed by atoms with Gasteiger partial charge >= 0.3 is 12.1 Å². The van der Waals surface area contributed by atoms with E-state index in [1.807, 2.05) is 30.3 Å². The molecule has 4 rings (SSSR count). The summed E-state index contributed by atoms with van der Waals surface area (Å²) in [5.74, 6) is -0.600. The maximum Gasteiger partial charge on any atom is 0.407 e. The zero-order valence-corrected chi connectivity index (χ0v) is 16.2. The van der Waals surface area contributed by atoms with E-state index in [0.717, 1.165) is 16.7 Å². The van der Waals surface area contributed by atoms with Crippen molar-refractivity contribution in [2.24, 2.45) is 0 Å². The second-order valence-electron chi connectivity index (χ2n) is 7.01. The highest BCUT2D eigenvalue weighted by atomic mass is 16.5. The minimum absolute atomic E-state index is 0.0101. The topological polar surface area (TPSA) is 84.9 Å². The van der Waals surface area contributed by atoms with Crippen LogP contribution >= 0.6 is 0 Å². The number of amides is 1. The molecule has 0 bridgehead atoms. The predicted molar refractivity (Wildman–Crippen MR) is 111 cm³/mol. The average Bonchev–Trinajstić information content (AvgIpc) is 3.09. The van der Waals surface area contributed by atoms with Crippen LogP contribution in [0.5, 0.6) is 5.75 Å². The van der Waals surface area contributed by atoms with Crippen molar-refractivity contribution in [2.45, 2.75) is 12.5 Å². The smallest absolute Gasteiger partial charge is 0.407 e. The van der Waals surface area contributed by atoms with Crippen LogP contribution in [-0.2, 0) is 16.1 Å². The van der Waals surface area contributed by atoms with E-state index in [1.54, 1.807) is 18.2 Å². The zero-order valence-electron chi connectivity index (χ0n) is 16.2. The van der Waals surface area contributed by atoms with E-state index in [0.29, 0.717) is 5.75 Å². The lowest BCUT2D eigenvalue weighted by Gasteiger charge is -2.14. The van der Waals surface area contributed by atoms with Crippen LogP contribution in [0, 0.1) is 0 Å².